The molecule has 1 aliphatic carbocycles. The molecule has 9 heteroatoms. The predicted molar refractivity (Wildman–Crippen MR) is 159 cm³/mol. The molecule has 43 heavy (non-hydrogen) atoms. The molecule has 9 nitrogen and oxygen atoms in total. The summed E-state index contributed by atoms with van der Waals surface area (Å²) in [7, 11) is 4.65. The average Bonchev–Trinajstić information content (AvgIpc) is 3.51. The molecule has 1 amide bonds. The summed E-state index contributed by atoms with van der Waals surface area (Å²) in [4.78, 5) is 16.5. The van der Waals surface area contributed by atoms with Crippen molar-refractivity contribution < 1.29 is 38.7 Å². The maximum absolute atomic E-state index is 14.6. The van der Waals surface area contributed by atoms with Crippen LogP contribution in [0.15, 0.2) is 54.6 Å². The number of methoxy groups -OCH3 is 3. The fourth-order valence-electron chi connectivity index (χ4n) is 7.09. The molecule has 4 unspecified atom stereocenters. The van der Waals surface area contributed by atoms with Crippen LogP contribution in [0.5, 0.6) is 28.7 Å². The van der Waals surface area contributed by atoms with E-state index in [1.165, 1.54) is 5.56 Å². The van der Waals surface area contributed by atoms with Crippen LogP contribution in [0.3, 0.4) is 0 Å². The highest BCUT2D eigenvalue weighted by molar-refractivity contribution is 5.82. The lowest BCUT2D eigenvalue weighted by molar-refractivity contribution is -0.143. The quantitative estimate of drug-likeness (QED) is 0.400. The predicted octanol–water partition coefficient (Wildman–Crippen LogP) is 4.33. The van der Waals surface area contributed by atoms with E-state index in [-0.39, 0.29) is 19.3 Å². The van der Waals surface area contributed by atoms with Crippen molar-refractivity contribution in [3.8, 4) is 28.7 Å². The number of benzene rings is 3. The molecule has 228 valence electrons. The fraction of sp³-hybridized carbons (Fsp3) is 0.441. The summed E-state index contributed by atoms with van der Waals surface area (Å²) in [5.74, 6) is 0.820. The second kappa shape index (κ2) is 12.3. The summed E-state index contributed by atoms with van der Waals surface area (Å²) in [6.45, 7) is 0.956. The minimum absolute atomic E-state index is 0.0763. The zero-order valence-corrected chi connectivity index (χ0v) is 24.8. The third kappa shape index (κ3) is 5.36. The number of carbonyl (C=O) groups excluding carboxylic acids is 1. The van der Waals surface area contributed by atoms with Gasteiger partial charge in [0, 0.05) is 31.5 Å². The van der Waals surface area contributed by atoms with Gasteiger partial charge in [-0.15, -0.1) is 0 Å². The Morgan fingerprint density at radius 3 is 2.12 bits per heavy atom. The molecule has 4 atom stereocenters. The van der Waals surface area contributed by atoms with Gasteiger partial charge in [-0.2, -0.15) is 0 Å². The maximum Gasteiger partial charge on any atom is 0.231 e. The number of piperidine rings is 1. The average molecular weight is 590 g/mol. The molecule has 1 saturated heterocycles. The van der Waals surface area contributed by atoms with E-state index in [0.717, 1.165) is 30.4 Å². The molecule has 2 aliphatic heterocycles. The molecule has 0 radical (unpaired) electrons. The minimum Gasteiger partial charge on any atom is -0.493 e. The van der Waals surface area contributed by atoms with Crippen molar-refractivity contribution in [2.24, 2.45) is 17.8 Å². The topological polar surface area (TPSA) is 107 Å². The number of carbonyl (C=O) groups is 1. The zero-order valence-electron chi connectivity index (χ0n) is 24.8. The smallest absolute Gasteiger partial charge is 0.231 e. The number of hydrogen-bond acceptors (Lipinski definition) is 8. The molecule has 3 aliphatic rings. The van der Waals surface area contributed by atoms with E-state index in [1.807, 2.05) is 29.2 Å². The molecule has 3 aromatic carbocycles. The highest BCUT2D eigenvalue weighted by atomic mass is 16.7. The van der Waals surface area contributed by atoms with Crippen molar-refractivity contribution in [1.29, 1.82) is 0 Å². The van der Waals surface area contributed by atoms with Crippen LogP contribution in [0.25, 0.3) is 0 Å². The third-order valence-corrected chi connectivity index (χ3v) is 9.29. The first-order valence-electron chi connectivity index (χ1n) is 14.8. The minimum atomic E-state index is -1.07. The summed E-state index contributed by atoms with van der Waals surface area (Å²) < 4.78 is 28.3. The van der Waals surface area contributed by atoms with Gasteiger partial charge in [-0.1, -0.05) is 30.3 Å². The molecule has 2 heterocycles. The van der Waals surface area contributed by atoms with Crippen LogP contribution in [0, 0.1) is 17.8 Å². The molecule has 0 saturated carbocycles. The van der Waals surface area contributed by atoms with E-state index < -0.39 is 23.9 Å². The Labute approximate surface area is 251 Å². The second-order valence-corrected chi connectivity index (χ2v) is 11.5. The van der Waals surface area contributed by atoms with Gasteiger partial charge < -0.3 is 38.8 Å². The first kappa shape index (κ1) is 29.1. The van der Waals surface area contributed by atoms with Gasteiger partial charge in [-0.05, 0) is 71.7 Å². The van der Waals surface area contributed by atoms with Gasteiger partial charge >= 0.3 is 0 Å². The zero-order chi connectivity index (χ0) is 30.1. The van der Waals surface area contributed by atoms with Crippen LogP contribution in [-0.2, 0) is 11.2 Å². The largest absolute Gasteiger partial charge is 0.493 e. The van der Waals surface area contributed by atoms with Gasteiger partial charge in [0.1, 0.15) is 0 Å². The van der Waals surface area contributed by atoms with Crippen LogP contribution < -0.4 is 23.7 Å². The molecule has 6 rings (SSSR count). The summed E-state index contributed by atoms with van der Waals surface area (Å²) in [5.41, 5.74) is 3.40. The Kier molecular flexibility index (Phi) is 8.36. The van der Waals surface area contributed by atoms with E-state index in [9.17, 15) is 15.0 Å². The molecule has 2 N–H and O–H groups in total. The molecule has 0 aromatic heterocycles. The van der Waals surface area contributed by atoms with Crippen molar-refractivity contribution in [1.82, 2.24) is 4.90 Å². The normalized spacial score (nSPS) is 23.0. The van der Waals surface area contributed by atoms with E-state index in [4.69, 9.17) is 23.7 Å². The number of fused-ring (bicyclic) bond motifs is 2. The Balaban J connectivity index is 1.39. The number of aliphatic hydroxyl groups excluding tert-OH is 2. The Morgan fingerprint density at radius 1 is 0.907 bits per heavy atom. The highest BCUT2D eigenvalue weighted by Gasteiger charge is 2.49. The maximum atomic E-state index is 14.6. The van der Waals surface area contributed by atoms with Crippen LogP contribution >= 0.6 is 0 Å². The summed E-state index contributed by atoms with van der Waals surface area (Å²) in [6.07, 6.45) is 1.70. The molecule has 3 aromatic rings. The van der Waals surface area contributed by atoms with Gasteiger partial charge in [0.05, 0.1) is 33.4 Å². The Hall–Kier alpha value is -3.95. The van der Waals surface area contributed by atoms with Crippen LogP contribution in [0.4, 0.5) is 0 Å². The summed E-state index contributed by atoms with van der Waals surface area (Å²) >= 11 is 0. The van der Waals surface area contributed by atoms with Crippen molar-refractivity contribution in [3.05, 3.63) is 76.9 Å². The summed E-state index contributed by atoms with van der Waals surface area (Å²) in [6, 6.07) is 17.8. The standard InChI is InChI=1S/C34H39NO8/c1-39-28-14-22(15-29(40-2)33(28)41-3)30-23-16-26-27(43-19-42-26)17-24(23)32(37)25(18-36)31(30)34(38)35-11-9-21(10-12-35)13-20-7-5-4-6-8-20/h4-8,14-17,21,25,30-32,36-37H,9-13,18-19H2,1-3H3. The van der Waals surface area contributed by atoms with Crippen LogP contribution in [-0.4, -0.2) is 68.8 Å². The number of ether oxygens (including phenoxy) is 5. The van der Waals surface area contributed by atoms with E-state index in [2.05, 4.69) is 24.3 Å². The number of nitrogens with zero attached hydrogens (tertiary/aromatic N) is 1. The number of amides is 1. The molecule has 0 bridgehead atoms. The molecular weight excluding hydrogens is 550 g/mol. The van der Waals surface area contributed by atoms with E-state index in [1.54, 1.807) is 27.4 Å². The Morgan fingerprint density at radius 2 is 1.53 bits per heavy atom. The van der Waals surface area contributed by atoms with Gasteiger partial charge in [-0.25, -0.2) is 0 Å². The van der Waals surface area contributed by atoms with Gasteiger partial charge in [0.15, 0.2) is 23.0 Å². The SMILES string of the molecule is COc1cc(C2c3cc4c(cc3C(O)C(CO)C2C(=O)N2CCC(Cc3ccccc3)CC2)OCO4)cc(OC)c1OC. The lowest BCUT2D eigenvalue weighted by Crippen LogP contribution is -2.49. The van der Waals surface area contributed by atoms with E-state index >= 15 is 0 Å². The number of likely N-dealkylation sites (tertiary alicyclic amines) is 1. The first-order valence-corrected chi connectivity index (χ1v) is 14.8. The van der Waals surface area contributed by atoms with E-state index in [0.29, 0.717) is 53.3 Å². The second-order valence-electron chi connectivity index (χ2n) is 11.5. The molecular formula is C34H39NO8. The lowest BCUT2D eigenvalue weighted by Gasteiger charge is -2.44. The molecule has 1 fully saturated rings. The lowest BCUT2D eigenvalue weighted by atomic mass is 9.64. The molecule has 0 spiro atoms. The number of aliphatic hydroxyl groups is 2. The third-order valence-electron chi connectivity index (χ3n) is 9.29. The monoisotopic (exact) mass is 589 g/mol. The first-order chi connectivity index (χ1) is 21.0. The van der Waals surface area contributed by atoms with Gasteiger partial charge in [0.25, 0.3) is 0 Å². The van der Waals surface area contributed by atoms with Crippen molar-refractivity contribution in [2.45, 2.75) is 31.3 Å². The van der Waals surface area contributed by atoms with Gasteiger partial charge in [-0.3, -0.25) is 4.79 Å². The summed E-state index contributed by atoms with van der Waals surface area (Å²) in [5, 5.41) is 22.3. The fourth-order valence-corrected chi connectivity index (χ4v) is 7.09. The highest BCUT2D eigenvalue weighted by Crippen LogP contribution is 2.54. The van der Waals surface area contributed by atoms with Crippen LogP contribution in [0.2, 0.25) is 0 Å². The van der Waals surface area contributed by atoms with Crippen molar-refractivity contribution >= 4 is 5.91 Å². The van der Waals surface area contributed by atoms with Gasteiger partial charge in [0.2, 0.25) is 18.4 Å². The van der Waals surface area contributed by atoms with Crippen molar-refractivity contribution in [2.75, 3.05) is 47.8 Å². The van der Waals surface area contributed by atoms with Crippen LogP contribution in [0.1, 0.15) is 47.1 Å². The number of rotatable bonds is 8. The number of hydrogen-bond donors (Lipinski definition) is 2. The van der Waals surface area contributed by atoms with Crippen molar-refractivity contribution in [3.63, 3.8) is 0 Å². The Bertz CT molecular complexity index is 1430.